The predicted molar refractivity (Wildman–Crippen MR) is 77.0 cm³/mol. The fraction of sp³-hybridized carbons (Fsp3) is 0.429. The van der Waals surface area contributed by atoms with E-state index in [0.29, 0.717) is 5.56 Å². The number of carbonyl (C=O) groups excluding carboxylic acids is 1. The average Bonchev–Trinajstić information content (AvgIpc) is 2.46. The second-order valence-electron chi connectivity index (χ2n) is 5.11. The average molecular weight is 312 g/mol. The number of hydrogen-bond acceptors (Lipinski definition) is 7. The summed E-state index contributed by atoms with van der Waals surface area (Å²) in [5, 5.41) is 27.2. The minimum absolute atomic E-state index is 0.0246. The third kappa shape index (κ3) is 4.90. The molecule has 0 heterocycles. The number of phenols is 2. The smallest absolute Gasteiger partial charge is 0.327 e. The summed E-state index contributed by atoms with van der Waals surface area (Å²) in [4.78, 5) is 22.5. The van der Waals surface area contributed by atoms with Crippen LogP contribution in [-0.4, -0.2) is 39.4 Å². The van der Waals surface area contributed by atoms with Crippen LogP contribution >= 0.6 is 0 Å². The Balaban J connectivity index is 2.67. The maximum absolute atomic E-state index is 12.1. The van der Waals surface area contributed by atoms with Crippen molar-refractivity contribution >= 4 is 11.9 Å². The van der Waals surface area contributed by atoms with Crippen LogP contribution in [0.3, 0.4) is 0 Å². The number of benzene rings is 1. The highest BCUT2D eigenvalue weighted by Crippen LogP contribution is 2.27. The van der Waals surface area contributed by atoms with Gasteiger partial charge in [-0.3, -0.25) is 10.6 Å². The van der Waals surface area contributed by atoms with Gasteiger partial charge in [-0.2, -0.15) is 0 Å². The molecule has 0 aliphatic rings. The zero-order chi connectivity index (χ0) is 16.8. The van der Waals surface area contributed by atoms with E-state index in [1.807, 2.05) is 0 Å². The topological polar surface area (TPSA) is 142 Å². The molecule has 0 aliphatic carbocycles. The molecule has 0 radical (unpaired) electrons. The van der Waals surface area contributed by atoms with Crippen LogP contribution in [0.1, 0.15) is 25.3 Å². The molecule has 0 fully saturated rings. The monoisotopic (exact) mass is 312 g/mol. The Bertz CT molecular complexity index is 548. The summed E-state index contributed by atoms with van der Waals surface area (Å²) in [5.41, 5.74) is 1.70. The molecule has 1 aromatic rings. The number of phenolic OH excluding ortho intramolecular Hbond substituents is 2. The molecule has 0 saturated heterocycles. The molecule has 0 spiro atoms. The standard InChI is InChI=1S/C14H20N2O6/c1-14(16-15,13(21)22-6-2-3-12(19)20)8-9-4-5-10(17)11(18)7-9/h4-5,7,16-18H,2-3,6,8,15H2,1H3,(H,19,20)/t14-/m0/s1. The van der Waals surface area contributed by atoms with E-state index >= 15 is 0 Å². The van der Waals surface area contributed by atoms with Crippen molar-refractivity contribution in [2.75, 3.05) is 6.61 Å². The van der Waals surface area contributed by atoms with Gasteiger partial charge in [0.25, 0.3) is 0 Å². The Morgan fingerprint density at radius 3 is 2.55 bits per heavy atom. The van der Waals surface area contributed by atoms with Crippen molar-refractivity contribution < 1.29 is 29.6 Å². The van der Waals surface area contributed by atoms with Crippen molar-refractivity contribution in [2.45, 2.75) is 31.7 Å². The van der Waals surface area contributed by atoms with Gasteiger partial charge in [-0.1, -0.05) is 6.07 Å². The van der Waals surface area contributed by atoms with Crippen LogP contribution in [0.15, 0.2) is 18.2 Å². The largest absolute Gasteiger partial charge is 0.504 e. The van der Waals surface area contributed by atoms with Crippen LogP contribution in [-0.2, 0) is 20.7 Å². The molecule has 1 rings (SSSR count). The molecule has 0 unspecified atom stereocenters. The maximum atomic E-state index is 12.1. The molecule has 0 bridgehead atoms. The van der Waals surface area contributed by atoms with Crippen LogP contribution < -0.4 is 11.3 Å². The summed E-state index contributed by atoms with van der Waals surface area (Å²) >= 11 is 0. The van der Waals surface area contributed by atoms with E-state index in [4.69, 9.17) is 15.7 Å². The van der Waals surface area contributed by atoms with Gasteiger partial charge in [-0.05, 0) is 31.0 Å². The first kappa shape index (κ1) is 17.7. The van der Waals surface area contributed by atoms with Crippen molar-refractivity contribution in [3.8, 4) is 11.5 Å². The van der Waals surface area contributed by atoms with Crippen LogP contribution in [0.4, 0.5) is 0 Å². The Kier molecular flexibility index (Phi) is 6.14. The number of carboxylic acids is 1. The first-order valence-electron chi connectivity index (χ1n) is 6.66. The first-order valence-corrected chi connectivity index (χ1v) is 6.66. The van der Waals surface area contributed by atoms with E-state index in [0.717, 1.165) is 0 Å². The van der Waals surface area contributed by atoms with Crippen molar-refractivity contribution in [3.63, 3.8) is 0 Å². The number of esters is 1. The number of nitrogens with two attached hydrogens (primary N) is 1. The van der Waals surface area contributed by atoms with Gasteiger partial charge in [-0.15, -0.1) is 0 Å². The van der Waals surface area contributed by atoms with E-state index < -0.39 is 17.5 Å². The van der Waals surface area contributed by atoms with E-state index in [-0.39, 0.29) is 37.4 Å². The molecule has 8 heteroatoms. The molecular formula is C14H20N2O6. The number of carboxylic acid groups (broad SMARTS) is 1. The maximum Gasteiger partial charge on any atom is 0.327 e. The molecule has 0 aromatic heterocycles. The lowest BCUT2D eigenvalue weighted by Crippen LogP contribution is -2.55. The van der Waals surface area contributed by atoms with Gasteiger partial charge >= 0.3 is 11.9 Å². The second-order valence-corrected chi connectivity index (χ2v) is 5.11. The fourth-order valence-corrected chi connectivity index (χ4v) is 1.82. The molecule has 6 N–H and O–H groups in total. The Morgan fingerprint density at radius 2 is 2.00 bits per heavy atom. The molecule has 1 aromatic carbocycles. The molecule has 0 amide bonds. The van der Waals surface area contributed by atoms with E-state index in [2.05, 4.69) is 5.43 Å². The molecule has 122 valence electrons. The van der Waals surface area contributed by atoms with Crippen molar-refractivity contribution in [1.82, 2.24) is 5.43 Å². The highest BCUT2D eigenvalue weighted by Gasteiger charge is 2.34. The van der Waals surface area contributed by atoms with Crippen molar-refractivity contribution in [2.24, 2.45) is 5.84 Å². The number of hydrogen-bond donors (Lipinski definition) is 5. The third-order valence-electron chi connectivity index (χ3n) is 3.13. The number of aromatic hydroxyl groups is 2. The van der Waals surface area contributed by atoms with E-state index in [1.165, 1.54) is 19.1 Å². The lowest BCUT2D eigenvalue weighted by atomic mass is 9.93. The summed E-state index contributed by atoms with van der Waals surface area (Å²) in [6, 6.07) is 4.17. The van der Waals surface area contributed by atoms with E-state index in [1.54, 1.807) is 6.07 Å². The highest BCUT2D eigenvalue weighted by atomic mass is 16.5. The normalized spacial score (nSPS) is 13.4. The summed E-state index contributed by atoms with van der Waals surface area (Å²) in [5.74, 6) is 3.26. The minimum atomic E-state index is -1.24. The lowest BCUT2D eigenvalue weighted by molar-refractivity contribution is -0.152. The van der Waals surface area contributed by atoms with Crippen molar-refractivity contribution in [1.29, 1.82) is 0 Å². The van der Waals surface area contributed by atoms with Crippen LogP contribution in [0.25, 0.3) is 0 Å². The Morgan fingerprint density at radius 1 is 1.32 bits per heavy atom. The van der Waals surface area contributed by atoms with Gasteiger partial charge in [0.1, 0.15) is 5.54 Å². The molecule has 8 nitrogen and oxygen atoms in total. The summed E-state index contributed by atoms with van der Waals surface area (Å²) < 4.78 is 5.02. The third-order valence-corrected chi connectivity index (χ3v) is 3.13. The number of aliphatic carboxylic acids is 1. The van der Waals surface area contributed by atoms with Crippen LogP contribution in [0.2, 0.25) is 0 Å². The van der Waals surface area contributed by atoms with Gasteiger partial charge in [0.05, 0.1) is 6.61 Å². The predicted octanol–water partition coefficient (Wildman–Crippen LogP) is 0.270. The minimum Gasteiger partial charge on any atom is -0.504 e. The van der Waals surface area contributed by atoms with Crippen LogP contribution in [0.5, 0.6) is 11.5 Å². The summed E-state index contributed by atoms with van der Waals surface area (Å²) in [6.45, 7) is 1.50. The molecular weight excluding hydrogens is 292 g/mol. The number of rotatable bonds is 8. The molecule has 0 aliphatic heterocycles. The van der Waals surface area contributed by atoms with Crippen molar-refractivity contribution in [3.05, 3.63) is 23.8 Å². The summed E-state index contributed by atoms with van der Waals surface area (Å²) in [6.07, 6.45) is 0.239. The number of carbonyl (C=O) groups is 2. The van der Waals surface area contributed by atoms with E-state index in [9.17, 15) is 19.8 Å². The SMILES string of the molecule is C[C@@](Cc1ccc(O)c(O)c1)(NN)C(=O)OCCCC(=O)O. The molecule has 22 heavy (non-hydrogen) atoms. The number of nitrogens with one attached hydrogen (secondary N) is 1. The second kappa shape index (κ2) is 7.62. The van der Waals surface area contributed by atoms with Gasteiger partial charge in [0.2, 0.25) is 0 Å². The summed E-state index contributed by atoms with van der Waals surface area (Å²) in [7, 11) is 0. The van der Waals surface area contributed by atoms with Gasteiger partial charge in [-0.25, -0.2) is 10.2 Å². The fourth-order valence-electron chi connectivity index (χ4n) is 1.82. The van der Waals surface area contributed by atoms with Gasteiger partial charge in [0.15, 0.2) is 11.5 Å². The Hall–Kier alpha value is -2.32. The number of ether oxygens (including phenoxy) is 1. The lowest BCUT2D eigenvalue weighted by Gasteiger charge is -2.26. The molecule has 0 saturated carbocycles. The molecule has 1 atom stereocenters. The van der Waals surface area contributed by atoms with Gasteiger partial charge < -0.3 is 20.1 Å². The van der Waals surface area contributed by atoms with Gasteiger partial charge in [0, 0.05) is 12.8 Å². The van der Waals surface area contributed by atoms with Crippen LogP contribution in [0, 0.1) is 0 Å². The first-order chi connectivity index (χ1) is 10.3. The zero-order valence-electron chi connectivity index (χ0n) is 12.2. The zero-order valence-corrected chi connectivity index (χ0v) is 12.2. The number of hydrazine groups is 1. The Labute approximate surface area is 127 Å². The highest BCUT2D eigenvalue weighted by molar-refractivity contribution is 5.80. The quantitative estimate of drug-likeness (QED) is 0.151.